The summed E-state index contributed by atoms with van der Waals surface area (Å²) >= 11 is 11.8. The molecule has 0 atom stereocenters. The third-order valence-corrected chi connectivity index (χ3v) is 2.63. The number of benzene rings is 1. The molecule has 0 saturated heterocycles. The van der Waals surface area contributed by atoms with E-state index >= 15 is 0 Å². The molecule has 0 radical (unpaired) electrons. The molecule has 0 heterocycles. The summed E-state index contributed by atoms with van der Waals surface area (Å²) in [4.78, 5) is 6.05. The van der Waals surface area contributed by atoms with Gasteiger partial charge < -0.3 is 0 Å². The summed E-state index contributed by atoms with van der Waals surface area (Å²) in [7, 11) is 0. The van der Waals surface area contributed by atoms with Crippen LogP contribution in [0.2, 0.25) is 10.0 Å². The molecule has 0 aliphatic heterocycles. The molecule has 1 rings (SSSR count). The Bertz CT molecular complexity index is 693. The van der Waals surface area contributed by atoms with E-state index in [1.807, 2.05) is 0 Å². The molecule has 18 heavy (non-hydrogen) atoms. The van der Waals surface area contributed by atoms with E-state index in [4.69, 9.17) is 46.9 Å². The monoisotopic (exact) mass is 272 g/mol. The molecule has 0 aliphatic rings. The zero-order valence-electron chi connectivity index (χ0n) is 8.70. The summed E-state index contributed by atoms with van der Waals surface area (Å²) in [6.45, 7) is 13.7. The van der Waals surface area contributed by atoms with Gasteiger partial charge in [-0.2, -0.15) is 0 Å². The Hall–Kier alpha value is -2.50. The Morgan fingerprint density at radius 1 is 0.944 bits per heavy atom. The smallest absolute Gasteiger partial charge is 0.226 e. The molecule has 84 valence electrons. The highest BCUT2D eigenvalue weighted by Gasteiger charge is 2.06. The zero-order chi connectivity index (χ0) is 13.7. The fourth-order valence-corrected chi connectivity index (χ4v) is 1.71. The number of halogens is 2. The van der Waals surface area contributed by atoms with Crippen molar-refractivity contribution in [1.82, 2.24) is 0 Å². The number of hydrogen-bond donors (Lipinski definition) is 0. The molecule has 1 aromatic carbocycles. The second-order valence-electron chi connectivity index (χ2n) is 2.96. The van der Waals surface area contributed by atoms with Crippen LogP contribution in [0.3, 0.4) is 0 Å². The van der Waals surface area contributed by atoms with Gasteiger partial charge in [0.15, 0.2) is 0 Å². The van der Waals surface area contributed by atoms with Gasteiger partial charge >= 0.3 is 0 Å². The summed E-state index contributed by atoms with van der Waals surface area (Å²) in [5.74, 6) is 0. The lowest BCUT2D eigenvalue weighted by Gasteiger charge is -1.98. The van der Waals surface area contributed by atoms with Crippen molar-refractivity contribution in [2.24, 2.45) is 0 Å². The molecule has 6 heteroatoms. The molecule has 0 unspecified atom stereocenters. The minimum absolute atomic E-state index is 0.0957. The molecule has 1 aromatic rings. The molecule has 0 N–H and O–H groups in total. The predicted molar refractivity (Wildman–Crippen MR) is 67.0 cm³/mol. The minimum Gasteiger partial charge on any atom is -0.226 e. The van der Waals surface area contributed by atoms with E-state index in [0.29, 0.717) is 0 Å². The highest BCUT2D eigenvalue weighted by Crippen LogP contribution is 2.08. The van der Waals surface area contributed by atoms with Crippen molar-refractivity contribution < 1.29 is 0 Å². The van der Waals surface area contributed by atoms with Gasteiger partial charge in [-0.3, -0.25) is 0 Å². The van der Waals surface area contributed by atoms with Gasteiger partial charge in [-0.25, -0.2) is 20.2 Å². The van der Waals surface area contributed by atoms with E-state index in [1.54, 1.807) is 12.1 Å². The first-order valence-electron chi connectivity index (χ1n) is 4.37. The Balaban J connectivity index is 3.96. The molecule has 0 amide bonds. The van der Waals surface area contributed by atoms with E-state index in [0.717, 1.165) is 0 Å². The average Bonchev–Trinajstić information content (AvgIpc) is 2.37. The van der Waals surface area contributed by atoms with Gasteiger partial charge in [0, 0.05) is 20.5 Å². The van der Waals surface area contributed by atoms with Crippen molar-refractivity contribution in [3.8, 4) is 12.1 Å². The quantitative estimate of drug-likeness (QED) is 0.679. The lowest BCUT2D eigenvalue weighted by atomic mass is 10.2. The van der Waals surface area contributed by atoms with Gasteiger partial charge in [0.25, 0.3) is 11.4 Å². The van der Waals surface area contributed by atoms with Crippen LogP contribution in [0.4, 0.5) is 0 Å². The van der Waals surface area contributed by atoms with Crippen molar-refractivity contribution in [3.05, 3.63) is 55.4 Å². The summed E-state index contributed by atoms with van der Waals surface area (Å²) in [6.07, 6.45) is 0. The summed E-state index contributed by atoms with van der Waals surface area (Å²) < 4.78 is 0. The zero-order valence-corrected chi connectivity index (χ0v) is 10.2. The molecule has 0 fully saturated rings. The molecular weight excluding hydrogens is 271 g/mol. The van der Waals surface area contributed by atoms with Crippen molar-refractivity contribution in [2.75, 3.05) is 0 Å². The van der Waals surface area contributed by atoms with Crippen LogP contribution in [0.25, 0.3) is 21.1 Å². The first-order valence-corrected chi connectivity index (χ1v) is 5.13. The third kappa shape index (κ3) is 2.42. The van der Waals surface area contributed by atoms with Crippen LogP contribution in [0.15, 0.2) is 12.1 Å². The van der Waals surface area contributed by atoms with Crippen molar-refractivity contribution in [1.29, 1.82) is 10.5 Å². The Morgan fingerprint density at radius 2 is 1.28 bits per heavy atom. The van der Waals surface area contributed by atoms with E-state index in [2.05, 4.69) is 9.69 Å². The van der Waals surface area contributed by atoms with Crippen molar-refractivity contribution in [2.45, 2.75) is 0 Å². The SMILES string of the molecule is [C-]#[N+]C(C#N)=c1cc(Cl)c(=C(C#N)[N+]#[C-])cc1Cl. The van der Waals surface area contributed by atoms with Crippen LogP contribution in [0.1, 0.15) is 0 Å². The normalized spacial score (nSPS) is 12.3. The maximum Gasteiger partial charge on any atom is 0.270 e. The third-order valence-electron chi connectivity index (χ3n) is 2.00. The summed E-state index contributed by atoms with van der Waals surface area (Å²) in [5, 5.41) is 18.1. The Labute approximate surface area is 113 Å². The van der Waals surface area contributed by atoms with Gasteiger partial charge in [0.05, 0.1) is 25.3 Å². The van der Waals surface area contributed by atoms with Crippen molar-refractivity contribution in [3.63, 3.8) is 0 Å². The Kier molecular flexibility index (Phi) is 4.31. The minimum atomic E-state index is -0.199. The maximum absolute atomic E-state index is 8.76. The van der Waals surface area contributed by atoms with E-state index < -0.39 is 0 Å². The van der Waals surface area contributed by atoms with E-state index in [9.17, 15) is 0 Å². The second kappa shape index (κ2) is 5.72. The Morgan fingerprint density at radius 3 is 1.50 bits per heavy atom. The highest BCUT2D eigenvalue weighted by atomic mass is 35.5. The first kappa shape index (κ1) is 13.6. The highest BCUT2D eigenvalue weighted by molar-refractivity contribution is 6.33. The van der Waals surface area contributed by atoms with Gasteiger partial charge in [-0.05, 0) is 12.1 Å². The van der Waals surface area contributed by atoms with Crippen LogP contribution in [0.5, 0.6) is 0 Å². The molecule has 4 nitrogen and oxygen atoms in total. The number of rotatable bonds is 0. The fraction of sp³-hybridized carbons (Fsp3) is 0. The molecule has 0 aromatic heterocycles. The number of nitrogens with zero attached hydrogens (tertiary/aromatic N) is 4. The van der Waals surface area contributed by atoms with Crippen LogP contribution in [-0.4, -0.2) is 0 Å². The van der Waals surface area contributed by atoms with E-state index in [-0.39, 0.29) is 31.9 Å². The molecule has 0 bridgehead atoms. The average molecular weight is 273 g/mol. The molecule has 0 aliphatic carbocycles. The second-order valence-corrected chi connectivity index (χ2v) is 3.77. The van der Waals surface area contributed by atoms with Crippen LogP contribution >= 0.6 is 23.2 Å². The van der Waals surface area contributed by atoms with Crippen LogP contribution in [0, 0.1) is 35.8 Å². The van der Waals surface area contributed by atoms with Crippen LogP contribution < -0.4 is 10.4 Å². The standard InChI is InChI=1S/C12H2Cl2N4/c1-17-11(5-15)7-3-10(14)8(4-9(7)13)12(6-16)18-2/h3-4H. The maximum atomic E-state index is 8.76. The van der Waals surface area contributed by atoms with Crippen LogP contribution in [-0.2, 0) is 0 Å². The van der Waals surface area contributed by atoms with Gasteiger partial charge in [0.1, 0.15) is 0 Å². The first-order chi connectivity index (χ1) is 8.58. The topological polar surface area (TPSA) is 56.3 Å². The van der Waals surface area contributed by atoms with Gasteiger partial charge in [-0.1, -0.05) is 23.2 Å². The lowest BCUT2D eigenvalue weighted by Crippen LogP contribution is -2.15. The van der Waals surface area contributed by atoms with Gasteiger partial charge in [-0.15, -0.1) is 0 Å². The summed E-state index contributed by atoms with van der Waals surface area (Å²) in [5.41, 5.74) is -0.399. The van der Waals surface area contributed by atoms with Crippen molar-refractivity contribution >= 4 is 34.6 Å². The molecule has 0 saturated carbocycles. The fourth-order valence-electron chi connectivity index (χ4n) is 1.20. The molecule has 0 spiro atoms. The number of nitriles is 2. The predicted octanol–water partition coefficient (Wildman–Crippen LogP) is 2.10. The summed E-state index contributed by atoms with van der Waals surface area (Å²) in [6, 6.07) is 6.01. The lowest BCUT2D eigenvalue weighted by molar-refractivity contribution is 1.48. The number of hydrogen-bond acceptors (Lipinski definition) is 2. The molecular formula is C12H2Cl2N4. The largest absolute Gasteiger partial charge is 0.270 e. The van der Waals surface area contributed by atoms with Gasteiger partial charge in [0.2, 0.25) is 0 Å². The van der Waals surface area contributed by atoms with E-state index in [1.165, 1.54) is 12.1 Å².